The van der Waals surface area contributed by atoms with Crippen molar-refractivity contribution >= 4 is 11.8 Å². The molecule has 2 atom stereocenters. The number of benzene rings is 1. The van der Waals surface area contributed by atoms with Crippen molar-refractivity contribution in [2.75, 3.05) is 19.6 Å². The zero-order chi connectivity index (χ0) is 17.9. The molecule has 1 aromatic rings. The molecule has 1 fully saturated rings. The van der Waals surface area contributed by atoms with Crippen molar-refractivity contribution in [2.24, 2.45) is 5.73 Å². The Morgan fingerprint density at radius 1 is 1.25 bits per heavy atom. The first-order chi connectivity index (χ1) is 11.2. The number of carbonyl (C=O) groups excluding carboxylic acids is 2. The predicted molar refractivity (Wildman–Crippen MR) is 77.4 cm³/mol. The lowest BCUT2D eigenvalue weighted by molar-refractivity contribution is -0.174. The van der Waals surface area contributed by atoms with Gasteiger partial charge in [-0.1, -0.05) is 12.1 Å². The van der Waals surface area contributed by atoms with E-state index in [1.807, 2.05) is 5.32 Å². The summed E-state index contributed by atoms with van der Waals surface area (Å²) >= 11 is 0. The number of piperidine rings is 1. The van der Waals surface area contributed by atoms with Crippen molar-refractivity contribution in [3.05, 3.63) is 35.6 Å². The van der Waals surface area contributed by atoms with E-state index in [9.17, 15) is 27.2 Å². The molecule has 24 heavy (non-hydrogen) atoms. The highest BCUT2D eigenvalue weighted by Crippen LogP contribution is 2.29. The Labute approximate surface area is 135 Å². The zero-order valence-electron chi connectivity index (χ0n) is 12.6. The molecule has 0 bridgehead atoms. The van der Waals surface area contributed by atoms with Crippen LogP contribution in [0.15, 0.2) is 24.3 Å². The lowest BCUT2D eigenvalue weighted by atomic mass is 9.85. The molecular formula is C15H17F4N3O2. The first kappa shape index (κ1) is 18.2. The number of nitrogens with one attached hydrogen (secondary N) is 1. The summed E-state index contributed by atoms with van der Waals surface area (Å²) in [5, 5.41) is 1.97. The van der Waals surface area contributed by atoms with Gasteiger partial charge in [-0.25, -0.2) is 4.39 Å². The fourth-order valence-corrected chi connectivity index (χ4v) is 2.89. The van der Waals surface area contributed by atoms with E-state index < -0.39 is 35.8 Å². The maximum Gasteiger partial charge on any atom is 0.471 e. The second kappa shape index (κ2) is 7.16. The van der Waals surface area contributed by atoms with Crippen LogP contribution in [-0.4, -0.2) is 48.6 Å². The van der Waals surface area contributed by atoms with E-state index in [2.05, 4.69) is 0 Å². The van der Waals surface area contributed by atoms with Gasteiger partial charge in [0.1, 0.15) is 5.82 Å². The third-order valence-corrected chi connectivity index (χ3v) is 3.95. The summed E-state index contributed by atoms with van der Waals surface area (Å²) in [6, 6.07) is 4.53. The number of carbonyl (C=O) groups is 2. The van der Waals surface area contributed by atoms with Crippen molar-refractivity contribution in [1.29, 1.82) is 0 Å². The van der Waals surface area contributed by atoms with Gasteiger partial charge in [-0.3, -0.25) is 14.5 Å². The highest BCUT2D eigenvalue weighted by Gasteiger charge is 2.42. The molecule has 0 saturated carbocycles. The van der Waals surface area contributed by atoms with Crippen LogP contribution in [0.3, 0.4) is 0 Å². The molecule has 2 amide bonds. The molecule has 1 aliphatic heterocycles. The topological polar surface area (TPSA) is 75.4 Å². The Balaban J connectivity index is 2.19. The highest BCUT2D eigenvalue weighted by atomic mass is 19.4. The van der Waals surface area contributed by atoms with Gasteiger partial charge in [0, 0.05) is 18.5 Å². The van der Waals surface area contributed by atoms with E-state index in [1.54, 1.807) is 4.90 Å². The highest BCUT2D eigenvalue weighted by molar-refractivity contribution is 5.82. The van der Waals surface area contributed by atoms with E-state index in [1.165, 1.54) is 24.3 Å². The van der Waals surface area contributed by atoms with Gasteiger partial charge in [0.25, 0.3) is 0 Å². The van der Waals surface area contributed by atoms with Gasteiger partial charge >= 0.3 is 12.1 Å². The minimum atomic E-state index is -5.00. The Hall–Kier alpha value is -2.16. The second-order valence-electron chi connectivity index (χ2n) is 5.73. The lowest BCUT2D eigenvalue weighted by Gasteiger charge is -2.38. The molecule has 132 valence electrons. The molecule has 3 N–H and O–H groups in total. The number of hydrogen-bond acceptors (Lipinski definition) is 3. The minimum Gasteiger partial charge on any atom is -0.369 e. The monoisotopic (exact) mass is 347 g/mol. The molecule has 0 aromatic heterocycles. The SMILES string of the molecule is NC(=O)CN1CCC(c2ccc(F)cc2)C(NC(=O)C(F)(F)F)C1. The first-order valence-electron chi connectivity index (χ1n) is 7.30. The van der Waals surface area contributed by atoms with Crippen LogP contribution in [0.2, 0.25) is 0 Å². The van der Waals surface area contributed by atoms with E-state index in [-0.39, 0.29) is 13.1 Å². The average Bonchev–Trinajstić information content (AvgIpc) is 2.47. The second-order valence-corrected chi connectivity index (χ2v) is 5.73. The molecule has 5 nitrogen and oxygen atoms in total. The Morgan fingerprint density at radius 3 is 2.42 bits per heavy atom. The van der Waals surface area contributed by atoms with Crippen LogP contribution in [0, 0.1) is 5.82 Å². The van der Waals surface area contributed by atoms with Crippen LogP contribution in [0.4, 0.5) is 17.6 Å². The van der Waals surface area contributed by atoms with Crippen LogP contribution in [-0.2, 0) is 9.59 Å². The summed E-state index contributed by atoms with van der Waals surface area (Å²) in [7, 11) is 0. The molecule has 1 aliphatic rings. The van der Waals surface area contributed by atoms with Crippen molar-refractivity contribution < 1.29 is 27.2 Å². The molecule has 1 saturated heterocycles. The Morgan fingerprint density at radius 2 is 1.88 bits per heavy atom. The maximum absolute atomic E-state index is 13.0. The maximum atomic E-state index is 13.0. The van der Waals surface area contributed by atoms with Crippen molar-refractivity contribution in [3.8, 4) is 0 Å². The molecule has 2 rings (SSSR count). The Kier molecular flexibility index (Phi) is 5.43. The number of likely N-dealkylation sites (tertiary alicyclic amines) is 1. The van der Waals surface area contributed by atoms with E-state index in [0.29, 0.717) is 18.5 Å². The number of rotatable bonds is 4. The van der Waals surface area contributed by atoms with Gasteiger partial charge in [-0.2, -0.15) is 13.2 Å². The third-order valence-electron chi connectivity index (χ3n) is 3.95. The number of nitrogens with two attached hydrogens (primary N) is 1. The summed E-state index contributed by atoms with van der Waals surface area (Å²) in [5.41, 5.74) is 5.74. The number of hydrogen-bond donors (Lipinski definition) is 2. The minimum absolute atomic E-state index is 0.0484. The van der Waals surface area contributed by atoms with Crippen molar-refractivity contribution in [2.45, 2.75) is 24.6 Å². The quantitative estimate of drug-likeness (QED) is 0.803. The molecule has 9 heteroatoms. The fourth-order valence-electron chi connectivity index (χ4n) is 2.89. The standard InChI is InChI=1S/C15H17F4N3O2/c16-10-3-1-9(2-4-10)11-5-6-22(8-13(20)23)7-12(11)21-14(24)15(17,18)19/h1-4,11-12H,5-8H2,(H2,20,23)(H,21,24). The predicted octanol–water partition coefficient (Wildman–Crippen LogP) is 1.15. The summed E-state index contributed by atoms with van der Waals surface area (Å²) in [5.74, 6) is -3.52. The van der Waals surface area contributed by atoms with E-state index in [0.717, 1.165) is 0 Å². The number of primary amides is 1. The van der Waals surface area contributed by atoms with Gasteiger partial charge in [0.05, 0.1) is 6.54 Å². The number of alkyl halides is 3. The molecule has 1 aromatic carbocycles. The smallest absolute Gasteiger partial charge is 0.369 e. The summed E-state index contributed by atoms with van der Waals surface area (Å²) < 4.78 is 50.7. The van der Waals surface area contributed by atoms with Crippen molar-refractivity contribution in [3.63, 3.8) is 0 Å². The fraction of sp³-hybridized carbons (Fsp3) is 0.467. The first-order valence-corrected chi connectivity index (χ1v) is 7.30. The average molecular weight is 347 g/mol. The number of halogens is 4. The summed E-state index contributed by atoms with van der Waals surface area (Å²) in [6.45, 7) is 0.380. The summed E-state index contributed by atoms with van der Waals surface area (Å²) in [6.07, 6.45) is -4.60. The van der Waals surface area contributed by atoms with Crippen LogP contribution >= 0.6 is 0 Å². The lowest BCUT2D eigenvalue weighted by Crippen LogP contribution is -2.55. The van der Waals surface area contributed by atoms with Gasteiger partial charge in [0.15, 0.2) is 0 Å². The van der Waals surface area contributed by atoms with E-state index in [4.69, 9.17) is 5.73 Å². The Bertz CT molecular complexity index is 604. The van der Waals surface area contributed by atoms with Gasteiger partial charge in [0.2, 0.25) is 5.91 Å². The van der Waals surface area contributed by atoms with Gasteiger partial charge in [-0.05, 0) is 30.7 Å². The van der Waals surface area contributed by atoms with E-state index >= 15 is 0 Å². The van der Waals surface area contributed by atoms with Crippen LogP contribution in [0.25, 0.3) is 0 Å². The molecule has 1 heterocycles. The third kappa shape index (κ3) is 4.67. The van der Waals surface area contributed by atoms with Crippen molar-refractivity contribution in [1.82, 2.24) is 10.2 Å². The number of amides is 2. The largest absolute Gasteiger partial charge is 0.471 e. The number of nitrogens with zero attached hydrogens (tertiary/aromatic N) is 1. The molecule has 0 radical (unpaired) electrons. The van der Waals surface area contributed by atoms with Crippen LogP contribution in [0.1, 0.15) is 17.9 Å². The van der Waals surface area contributed by atoms with Crippen LogP contribution in [0.5, 0.6) is 0 Å². The normalized spacial score (nSPS) is 22.2. The van der Waals surface area contributed by atoms with Gasteiger partial charge in [-0.15, -0.1) is 0 Å². The van der Waals surface area contributed by atoms with Gasteiger partial charge < -0.3 is 11.1 Å². The molecule has 2 unspecified atom stereocenters. The molecular weight excluding hydrogens is 330 g/mol. The molecule has 0 aliphatic carbocycles. The molecule has 0 spiro atoms. The van der Waals surface area contributed by atoms with Crippen LogP contribution < -0.4 is 11.1 Å². The summed E-state index contributed by atoms with van der Waals surface area (Å²) in [4.78, 5) is 23.9. The zero-order valence-corrected chi connectivity index (χ0v) is 12.6.